The van der Waals surface area contributed by atoms with E-state index in [1.807, 2.05) is 0 Å². The molecule has 0 fully saturated rings. The molecule has 0 radical (unpaired) electrons. The van der Waals surface area contributed by atoms with E-state index in [0.29, 0.717) is 6.20 Å². The van der Waals surface area contributed by atoms with E-state index < -0.39 is 41.8 Å². The zero-order valence-corrected chi connectivity index (χ0v) is 9.63. The van der Waals surface area contributed by atoms with Crippen LogP contribution >= 0.6 is 0 Å². The number of hydrogen-bond donors (Lipinski definition) is 5. The number of hydrogen-bond acceptors (Lipinski definition) is 7. The quantitative estimate of drug-likeness (QED) is 0.249. The van der Waals surface area contributed by atoms with Crippen LogP contribution in [0.2, 0.25) is 0 Å². The van der Waals surface area contributed by atoms with Gasteiger partial charge in [-0.3, -0.25) is 14.9 Å². The maximum Gasteiger partial charge on any atom is 0.232 e. The molecule has 0 spiro atoms. The summed E-state index contributed by atoms with van der Waals surface area (Å²) in [5, 5.41) is 49.1. The van der Waals surface area contributed by atoms with Crippen molar-refractivity contribution in [3.8, 4) is 0 Å². The lowest BCUT2D eigenvalue weighted by Gasteiger charge is -2.26. The summed E-state index contributed by atoms with van der Waals surface area (Å²) < 4.78 is 0. The molecule has 4 atom stereocenters. The molecule has 0 aromatic carbocycles. The summed E-state index contributed by atoms with van der Waals surface area (Å²) in [5.74, 6) is -0.585. The van der Waals surface area contributed by atoms with E-state index >= 15 is 0 Å². The van der Waals surface area contributed by atoms with Gasteiger partial charge in [-0.1, -0.05) is 0 Å². The minimum Gasteiger partial charge on any atom is -0.394 e. The molecule has 0 aromatic heterocycles. The van der Waals surface area contributed by atoms with Crippen LogP contribution in [0, 0.1) is 10.1 Å². The van der Waals surface area contributed by atoms with Gasteiger partial charge in [0, 0.05) is 13.0 Å². The molecule has 0 aliphatic rings. The summed E-state index contributed by atoms with van der Waals surface area (Å²) in [5.41, 5.74) is 0. The molecular formula is C9H16N2O7. The Kier molecular flexibility index (Phi) is 7.05. The van der Waals surface area contributed by atoms with E-state index in [4.69, 9.17) is 10.2 Å². The van der Waals surface area contributed by atoms with Crippen LogP contribution in [-0.2, 0) is 4.79 Å². The monoisotopic (exact) mass is 264 g/mol. The van der Waals surface area contributed by atoms with Gasteiger partial charge >= 0.3 is 0 Å². The van der Waals surface area contributed by atoms with E-state index in [1.165, 1.54) is 0 Å². The fraction of sp³-hybridized carbons (Fsp3) is 0.667. The first-order valence-corrected chi connectivity index (χ1v) is 5.03. The Morgan fingerprint density at radius 2 is 1.94 bits per heavy atom. The summed E-state index contributed by atoms with van der Waals surface area (Å²) in [4.78, 5) is 20.2. The van der Waals surface area contributed by atoms with Crippen molar-refractivity contribution in [1.82, 2.24) is 5.32 Å². The van der Waals surface area contributed by atoms with E-state index in [0.717, 1.165) is 13.0 Å². The molecule has 0 saturated carbocycles. The summed E-state index contributed by atoms with van der Waals surface area (Å²) >= 11 is 0. The highest BCUT2D eigenvalue weighted by Crippen LogP contribution is 2.06. The van der Waals surface area contributed by atoms with E-state index in [2.05, 4.69) is 5.32 Å². The number of nitrogens with one attached hydrogen (secondary N) is 1. The van der Waals surface area contributed by atoms with Crippen LogP contribution in [0.1, 0.15) is 6.92 Å². The summed E-state index contributed by atoms with van der Waals surface area (Å²) in [6, 6.07) is -1.26. The van der Waals surface area contributed by atoms with Crippen molar-refractivity contribution in [2.45, 2.75) is 31.3 Å². The van der Waals surface area contributed by atoms with Crippen molar-refractivity contribution in [3.05, 3.63) is 22.4 Å². The molecule has 0 bridgehead atoms. The minimum atomic E-state index is -1.76. The number of aliphatic hydroxyl groups is 4. The second-order valence-corrected chi connectivity index (χ2v) is 3.58. The molecular weight excluding hydrogens is 248 g/mol. The standard InChI is InChI=1S/C9H16N2O7/c1-5(13)10-6(2-3-11(17)18)8(15)9(16)7(14)4-12/h2-3,6-9,12,14-16H,4H2,1H3,(H,10,13)/b3-2+/t6-,7-,8-,9-/m1/s1. The Balaban J connectivity index is 4.83. The Morgan fingerprint density at radius 1 is 1.39 bits per heavy atom. The largest absolute Gasteiger partial charge is 0.394 e. The third-order valence-electron chi connectivity index (χ3n) is 2.08. The highest BCUT2D eigenvalue weighted by atomic mass is 16.6. The normalized spacial score (nSPS) is 18.1. The molecule has 9 nitrogen and oxygen atoms in total. The van der Waals surface area contributed by atoms with Gasteiger partial charge in [0.1, 0.15) is 18.3 Å². The minimum absolute atomic E-state index is 0.488. The SMILES string of the molecule is CC(=O)N[C@H](/C=C/[N+](=O)[O-])[C@@H](O)[C@H](O)[C@H](O)CO. The molecule has 104 valence electrons. The number of rotatable bonds is 7. The van der Waals surface area contributed by atoms with Crippen LogP contribution in [0.15, 0.2) is 12.3 Å². The third kappa shape index (κ3) is 5.68. The van der Waals surface area contributed by atoms with Crippen molar-refractivity contribution < 1.29 is 30.1 Å². The van der Waals surface area contributed by atoms with Crippen LogP contribution in [0.4, 0.5) is 0 Å². The predicted octanol–water partition coefficient (Wildman–Crippen LogP) is -2.64. The van der Waals surface area contributed by atoms with Gasteiger partial charge in [0.15, 0.2) is 0 Å². The first-order chi connectivity index (χ1) is 8.29. The van der Waals surface area contributed by atoms with Crippen molar-refractivity contribution in [2.24, 2.45) is 0 Å². The van der Waals surface area contributed by atoms with Crippen LogP contribution in [0.25, 0.3) is 0 Å². The number of aliphatic hydroxyl groups excluding tert-OH is 4. The van der Waals surface area contributed by atoms with Crippen LogP contribution in [0.5, 0.6) is 0 Å². The van der Waals surface area contributed by atoms with Crippen LogP contribution in [0.3, 0.4) is 0 Å². The fourth-order valence-corrected chi connectivity index (χ4v) is 1.19. The molecule has 0 rings (SSSR count). The van der Waals surface area contributed by atoms with Gasteiger partial charge in [-0.15, -0.1) is 0 Å². The lowest BCUT2D eigenvalue weighted by atomic mass is 10.0. The van der Waals surface area contributed by atoms with Crippen molar-refractivity contribution in [1.29, 1.82) is 0 Å². The zero-order valence-electron chi connectivity index (χ0n) is 9.63. The molecule has 1 amide bonds. The molecule has 0 aromatic rings. The summed E-state index contributed by atoms with van der Waals surface area (Å²) in [7, 11) is 0. The highest BCUT2D eigenvalue weighted by Gasteiger charge is 2.30. The van der Waals surface area contributed by atoms with Gasteiger partial charge in [0.2, 0.25) is 12.1 Å². The summed E-state index contributed by atoms with van der Waals surface area (Å²) in [6.07, 6.45) is -3.74. The fourth-order valence-electron chi connectivity index (χ4n) is 1.19. The van der Waals surface area contributed by atoms with Gasteiger partial charge < -0.3 is 25.7 Å². The van der Waals surface area contributed by atoms with Crippen LogP contribution in [-0.4, -0.2) is 62.2 Å². The summed E-state index contributed by atoms with van der Waals surface area (Å²) in [6.45, 7) is 0.318. The average Bonchev–Trinajstić information content (AvgIpc) is 2.30. The second kappa shape index (κ2) is 7.71. The molecule has 0 saturated heterocycles. The van der Waals surface area contributed by atoms with E-state index in [9.17, 15) is 25.1 Å². The lowest BCUT2D eigenvalue weighted by Crippen LogP contribution is -2.51. The first kappa shape index (κ1) is 16.4. The molecule has 18 heavy (non-hydrogen) atoms. The molecule has 0 unspecified atom stereocenters. The molecule has 0 heterocycles. The third-order valence-corrected chi connectivity index (χ3v) is 2.08. The van der Waals surface area contributed by atoms with Gasteiger partial charge in [-0.25, -0.2) is 0 Å². The number of nitro groups is 1. The number of carbonyl (C=O) groups is 1. The zero-order chi connectivity index (χ0) is 14.3. The second-order valence-electron chi connectivity index (χ2n) is 3.58. The smallest absolute Gasteiger partial charge is 0.232 e. The number of carbonyl (C=O) groups excluding carboxylic acids is 1. The Labute approximate surface area is 103 Å². The van der Waals surface area contributed by atoms with E-state index in [1.54, 1.807) is 0 Å². The first-order valence-electron chi connectivity index (χ1n) is 5.03. The Bertz CT molecular complexity index is 320. The molecule has 0 aliphatic carbocycles. The maximum atomic E-state index is 10.8. The van der Waals surface area contributed by atoms with Crippen LogP contribution < -0.4 is 5.32 Å². The van der Waals surface area contributed by atoms with Crippen molar-refractivity contribution in [3.63, 3.8) is 0 Å². The highest BCUT2D eigenvalue weighted by molar-refractivity contribution is 5.73. The average molecular weight is 264 g/mol. The van der Waals surface area contributed by atoms with Crippen molar-refractivity contribution >= 4 is 5.91 Å². The van der Waals surface area contributed by atoms with Gasteiger partial charge in [-0.2, -0.15) is 0 Å². The predicted molar refractivity (Wildman–Crippen MR) is 58.8 cm³/mol. The van der Waals surface area contributed by atoms with Crippen molar-refractivity contribution in [2.75, 3.05) is 6.61 Å². The molecule has 0 aliphatic heterocycles. The van der Waals surface area contributed by atoms with Gasteiger partial charge in [0.05, 0.1) is 17.6 Å². The van der Waals surface area contributed by atoms with E-state index in [-0.39, 0.29) is 0 Å². The van der Waals surface area contributed by atoms with Gasteiger partial charge in [0.25, 0.3) is 0 Å². The number of nitrogens with zero attached hydrogens (tertiary/aromatic N) is 1. The topological polar surface area (TPSA) is 153 Å². The van der Waals surface area contributed by atoms with Gasteiger partial charge in [-0.05, 0) is 0 Å². The Hall–Kier alpha value is -1.55. The maximum absolute atomic E-state index is 10.8. The lowest BCUT2D eigenvalue weighted by molar-refractivity contribution is -0.402. The molecule has 5 N–H and O–H groups in total. The Morgan fingerprint density at radius 3 is 2.33 bits per heavy atom. The molecule has 9 heteroatoms. The number of amides is 1.